The lowest BCUT2D eigenvalue weighted by atomic mass is 10.0. The van der Waals surface area contributed by atoms with Gasteiger partial charge < -0.3 is 26.6 Å². The molecule has 0 radical (unpaired) electrons. The molecular formula is C11H19N3O6. The summed E-state index contributed by atoms with van der Waals surface area (Å²) in [7, 11) is 0. The third-order valence-corrected chi connectivity index (χ3v) is 2.44. The molecule has 0 aliphatic carbocycles. The molecule has 2 amide bonds. The van der Waals surface area contributed by atoms with Crippen molar-refractivity contribution in [3.05, 3.63) is 0 Å². The van der Waals surface area contributed by atoms with Crippen LogP contribution in [0.2, 0.25) is 0 Å². The van der Waals surface area contributed by atoms with E-state index < -0.39 is 42.3 Å². The number of carbonyl (C=O) groups is 4. The van der Waals surface area contributed by atoms with Crippen molar-refractivity contribution in [1.29, 1.82) is 0 Å². The number of rotatable bonds is 8. The number of carboxylic acid groups (broad SMARTS) is 2. The Morgan fingerprint density at radius 2 is 1.65 bits per heavy atom. The van der Waals surface area contributed by atoms with Crippen molar-refractivity contribution in [2.45, 2.75) is 32.4 Å². The highest BCUT2D eigenvalue weighted by molar-refractivity contribution is 5.92. The number of amides is 2. The Hall–Kier alpha value is -2.16. The molecule has 0 spiro atoms. The van der Waals surface area contributed by atoms with Gasteiger partial charge in [0.05, 0.1) is 13.0 Å². The number of nitrogens with one attached hydrogen (secondary N) is 2. The van der Waals surface area contributed by atoms with Gasteiger partial charge >= 0.3 is 11.9 Å². The summed E-state index contributed by atoms with van der Waals surface area (Å²) in [6, 6.07) is -2.54. The molecule has 2 unspecified atom stereocenters. The minimum absolute atomic E-state index is 0.312. The van der Waals surface area contributed by atoms with Gasteiger partial charge in [0, 0.05) is 0 Å². The monoisotopic (exact) mass is 289 g/mol. The molecule has 0 aliphatic heterocycles. The lowest BCUT2D eigenvalue weighted by molar-refractivity contribution is -0.147. The van der Waals surface area contributed by atoms with E-state index in [9.17, 15) is 19.2 Å². The first kappa shape index (κ1) is 17.8. The van der Waals surface area contributed by atoms with Crippen molar-refractivity contribution < 1.29 is 29.4 Å². The first-order chi connectivity index (χ1) is 9.18. The molecule has 0 saturated carbocycles. The van der Waals surface area contributed by atoms with Crippen molar-refractivity contribution in [3.63, 3.8) is 0 Å². The summed E-state index contributed by atoms with van der Waals surface area (Å²) in [6.45, 7) is 2.98. The largest absolute Gasteiger partial charge is 0.481 e. The Bertz CT molecular complexity index is 396. The van der Waals surface area contributed by atoms with Crippen molar-refractivity contribution in [3.8, 4) is 0 Å². The molecule has 0 rings (SSSR count). The van der Waals surface area contributed by atoms with Crippen molar-refractivity contribution in [1.82, 2.24) is 10.6 Å². The molecule has 6 N–H and O–H groups in total. The van der Waals surface area contributed by atoms with Gasteiger partial charge in [-0.3, -0.25) is 14.4 Å². The summed E-state index contributed by atoms with van der Waals surface area (Å²) in [5, 5.41) is 21.8. The zero-order chi connectivity index (χ0) is 15.9. The predicted octanol–water partition coefficient (Wildman–Crippen LogP) is -1.87. The SMILES string of the molecule is CC(C)C(NC(=O)CN)C(=O)NC(CC(=O)O)C(=O)O. The fourth-order valence-electron chi connectivity index (χ4n) is 1.40. The third kappa shape index (κ3) is 6.14. The minimum atomic E-state index is -1.56. The van der Waals surface area contributed by atoms with E-state index in [0.29, 0.717) is 0 Å². The van der Waals surface area contributed by atoms with Crippen LogP contribution in [0, 0.1) is 5.92 Å². The van der Waals surface area contributed by atoms with E-state index in [4.69, 9.17) is 15.9 Å². The van der Waals surface area contributed by atoms with Crippen LogP contribution in [0.1, 0.15) is 20.3 Å². The highest BCUT2D eigenvalue weighted by Gasteiger charge is 2.29. The molecule has 0 fully saturated rings. The third-order valence-electron chi connectivity index (χ3n) is 2.44. The maximum absolute atomic E-state index is 11.9. The Morgan fingerprint density at radius 3 is 2.00 bits per heavy atom. The summed E-state index contributed by atoms with van der Waals surface area (Å²) < 4.78 is 0. The van der Waals surface area contributed by atoms with Crippen LogP contribution in [0.5, 0.6) is 0 Å². The van der Waals surface area contributed by atoms with E-state index in [1.54, 1.807) is 13.8 Å². The van der Waals surface area contributed by atoms with Crippen molar-refractivity contribution in [2.24, 2.45) is 11.7 Å². The van der Waals surface area contributed by atoms with Crippen LogP contribution in [-0.2, 0) is 19.2 Å². The van der Waals surface area contributed by atoms with Gasteiger partial charge in [-0.05, 0) is 5.92 Å². The molecular weight excluding hydrogens is 270 g/mol. The maximum Gasteiger partial charge on any atom is 0.326 e. The second kappa shape index (κ2) is 8.10. The fourth-order valence-corrected chi connectivity index (χ4v) is 1.40. The Balaban J connectivity index is 4.84. The molecule has 20 heavy (non-hydrogen) atoms. The summed E-state index contributed by atoms with van der Waals surface area (Å²) >= 11 is 0. The van der Waals surface area contributed by atoms with E-state index in [-0.39, 0.29) is 12.5 Å². The molecule has 2 atom stereocenters. The number of hydrogen-bond acceptors (Lipinski definition) is 5. The number of nitrogens with two attached hydrogens (primary N) is 1. The van der Waals surface area contributed by atoms with E-state index in [2.05, 4.69) is 10.6 Å². The minimum Gasteiger partial charge on any atom is -0.481 e. The predicted molar refractivity (Wildman–Crippen MR) is 67.6 cm³/mol. The first-order valence-electron chi connectivity index (χ1n) is 5.93. The maximum atomic E-state index is 11.9. The van der Waals surface area contributed by atoms with E-state index in [1.807, 2.05) is 0 Å². The van der Waals surface area contributed by atoms with Crippen molar-refractivity contribution in [2.75, 3.05) is 6.54 Å². The number of carbonyl (C=O) groups excluding carboxylic acids is 2. The zero-order valence-corrected chi connectivity index (χ0v) is 11.3. The van der Waals surface area contributed by atoms with Crippen LogP contribution in [0.3, 0.4) is 0 Å². The average molecular weight is 289 g/mol. The Morgan fingerprint density at radius 1 is 1.10 bits per heavy atom. The van der Waals surface area contributed by atoms with Gasteiger partial charge in [0.25, 0.3) is 0 Å². The second-order valence-electron chi connectivity index (χ2n) is 4.49. The number of hydrogen-bond donors (Lipinski definition) is 5. The summed E-state index contributed by atoms with van der Waals surface area (Å²) in [6.07, 6.45) is -0.753. The lowest BCUT2D eigenvalue weighted by Gasteiger charge is -2.23. The van der Waals surface area contributed by atoms with E-state index >= 15 is 0 Å². The van der Waals surface area contributed by atoms with Crippen LogP contribution >= 0.6 is 0 Å². The van der Waals surface area contributed by atoms with Gasteiger partial charge in [0.1, 0.15) is 12.1 Å². The van der Waals surface area contributed by atoms with Crippen LogP contribution in [0.25, 0.3) is 0 Å². The van der Waals surface area contributed by atoms with E-state index in [1.165, 1.54) is 0 Å². The van der Waals surface area contributed by atoms with Gasteiger partial charge in [0.2, 0.25) is 11.8 Å². The molecule has 114 valence electrons. The first-order valence-corrected chi connectivity index (χ1v) is 5.93. The normalized spacial score (nSPS) is 13.4. The molecule has 9 heteroatoms. The Labute approximate surface area is 115 Å². The van der Waals surface area contributed by atoms with Gasteiger partial charge in [-0.15, -0.1) is 0 Å². The van der Waals surface area contributed by atoms with Crippen LogP contribution in [-0.4, -0.2) is 52.6 Å². The lowest BCUT2D eigenvalue weighted by Crippen LogP contribution is -2.54. The average Bonchev–Trinajstić information content (AvgIpc) is 2.33. The van der Waals surface area contributed by atoms with Crippen molar-refractivity contribution >= 4 is 23.8 Å². The molecule has 9 nitrogen and oxygen atoms in total. The van der Waals surface area contributed by atoms with Gasteiger partial charge in [0.15, 0.2) is 0 Å². The van der Waals surface area contributed by atoms with Gasteiger partial charge in [-0.1, -0.05) is 13.8 Å². The second-order valence-corrected chi connectivity index (χ2v) is 4.49. The topological polar surface area (TPSA) is 159 Å². The number of carboxylic acids is 2. The van der Waals surface area contributed by atoms with Crippen LogP contribution in [0.4, 0.5) is 0 Å². The molecule has 0 aliphatic rings. The number of aliphatic carboxylic acids is 2. The van der Waals surface area contributed by atoms with Crippen LogP contribution < -0.4 is 16.4 Å². The molecule has 0 heterocycles. The van der Waals surface area contributed by atoms with Crippen LogP contribution in [0.15, 0.2) is 0 Å². The standard InChI is InChI=1S/C11H19N3O6/c1-5(2)9(14-7(15)4-12)10(18)13-6(11(19)20)3-8(16)17/h5-6,9H,3-4,12H2,1-2H3,(H,13,18)(H,14,15)(H,16,17)(H,19,20). The summed E-state index contributed by atoms with van der Waals surface area (Å²) in [5.74, 6) is -4.47. The summed E-state index contributed by atoms with van der Waals surface area (Å²) in [4.78, 5) is 44.5. The quantitative estimate of drug-likeness (QED) is 0.350. The summed E-state index contributed by atoms with van der Waals surface area (Å²) in [5.41, 5.74) is 5.12. The molecule has 0 aromatic carbocycles. The highest BCUT2D eigenvalue weighted by atomic mass is 16.4. The van der Waals surface area contributed by atoms with Gasteiger partial charge in [-0.2, -0.15) is 0 Å². The molecule has 0 aromatic heterocycles. The Kier molecular flexibility index (Phi) is 7.22. The van der Waals surface area contributed by atoms with E-state index in [0.717, 1.165) is 0 Å². The smallest absolute Gasteiger partial charge is 0.326 e. The highest BCUT2D eigenvalue weighted by Crippen LogP contribution is 2.03. The zero-order valence-electron chi connectivity index (χ0n) is 11.3. The molecule has 0 bridgehead atoms. The fraction of sp³-hybridized carbons (Fsp3) is 0.636. The molecule has 0 saturated heterocycles. The molecule has 0 aromatic rings. The van der Waals surface area contributed by atoms with Gasteiger partial charge in [-0.25, -0.2) is 4.79 Å².